The van der Waals surface area contributed by atoms with Gasteiger partial charge in [-0.2, -0.15) is 0 Å². The lowest BCUT2D eigenvalue weighted by Gasteiger charge is -2.28. The molecule has 0 spiro atoms. The van der Waals surface area contributed by atoms with E-state index < -0.39 is 0 Å². The summed E-state index contributed by atoms with van der Waals surface area (Å²) in [5.41, 5.74) is 3.02. The molecule has 1 saturated heterocycles. The van der Waals surface area contributed by atoms with Crippen molar-refractivity contribution in [1.29, 1.82) is 0 Å². The number of rotatable bonds is 8. The molecule has 1 atom stereocenters. The fraction of sp³-hybridized carbons (Fsp3) is 0.269. The minimum Gasteiger partial charge on any atom is -0.489 e. The number of carbonyl (C=O) groups excluding carboxylic acids is 1. The number of amides is 1. The first kappa shape index (κ1) is 20.2. The fourth-order valence-corrected chi connectivity index (χ4v) is 3.92. The molecule has 0 aromatic heterocycles. The monoisotopic (exact) mass is 400 g/mol. The number of ether oxygens (including phenoxy) is 1. The highest BCUT2D eigenvalue weighted by Crippen LogP contribution is 2.24. The second kappa shape index (κ2) is 10.1. The number of nitrogens with one attached hydrogen (secondary N) is 1. The van der Waals surface area contributed by atoms with Crippen molar-refractivity contribution in [3.8, 4) is 5.75 Å². The highest BCUT2D eigenvalue weighted by Gasteiger charge is 2.23. The van der Waals surface area contributed by atoms with Gasteiger partial charge in [0.15, 0.2) is 0 Å². The molecule has 0 radical (unpaired) electrons. The first-order valence-corrected chi connectivity index (χ1v) is 10.6. The van der Waals surface area contributed by atoms with Crippen molar-refractivity contribution >= 4 is 5.91 Å². The summed E-state index contributed by atoms with van der Waals surface area (Å²) in [6.45, 7) is 3.29. The van der Waals surface area contributed by atoms with Crippen molar-refractivity contribution in [3.63, 3.8) is 0 Å². The predicted octanol–water partition coefficient (Wildman–Crippen LogP) is 4.83. The van der Waals surface area contributed by atoms with Gasteiger partial charge in [0.05, 0.1) is 6.04 Å². The highest BCUT2D eigenvalue weighted by molar-refractivity contribution is 5.94. The zero-order valence-electron chi connectivity index (χ0n) is 17.2. The zero-order chi connectivity index (χ0) is 20.6. The first-order chi connectivity index (χ1) is 14.8. The van der Waals surface area contributed by atoms with Gasteiger partial charge in [0.25, 0.3) is 5.91 Å². The molecule has 4 rings (SSSR count). The van der Waals surface area contributed by atoms with Gasteiger partial charge in [-0.05, 0) is 61.3 Å². The van der Waals surface area contributed by atoms with Crippen molar-refractivity contribution in [3.05, 3.63) is 102 Å². The summed E-state index contributed by atoms with van der Waals surface area (Å²) in [4.78, 5) is 15.2. The average Bonchev–Trinajstić information content (AvgIpc) is 3.34. The standard InChI is InChI=1S/C26H28N2O2/c29-26(23-13-15-24(16-14-23)30-20-21-9-3-1-4-10-21)27-19-25(28-17-7-8-18-28)22-11-5-2-6-12-22/h1-6,9-16,25H,7-8,17-20H2,(H,27,29). The van der Waals surface area contributed by atoms with Crippen molar-refractivity contribution in [2.75, 3.05) is 19.6 Å². The number of hydrogen-bond donors (Lipinski definition) is 1. The van der Waals surface area contributed by atoms with Crippen LogP contribution in [0.4, 0.5) is 0 Å². The summed E-state index contributed by atoms with van der Waals surface area (Å²) >= 11 is 0. The Labute approximate surface area is 178 Å². The minimum atomic E-state index is -0.0512. The summed E-state index contributed by atoms with van der Waals surface area (Å²) < 4.78 is 5.81. The van der Waals surface area contributed by atoms with Crippen LogP contribution in [0, 0.1) is 0 Å². The maximum Gasteiger partial charge on any atom is 0.251 e. The van der Waals surface area contributed by atoms with Gasteiger partial charge in [0.1, 0.15) is 12.4 Å². The lowest BCUT2D eigenvalue weighted by atomic mass is 10.1. The molecule has 0 bridgehead atoms. The molecule has 1 fully saturated rings. The van der Waals surface area contributed by atoms with Crippen LogP contribution < -0.4 is 10.1 Å². The Morgan fingerprint density at radius 2 is 1.50 bits per heavy atom. The second-order valence-corrected chi connectivity index (χ2v) is 7.68. The highest BCUT2D eigenvalue weighted by atomic mass is 16.5. The Balaban J connectivity index is 1.34. The van der Waals surface area contributed by atoms with E-state index in [0.717, 1.165) is 24.4 Å². The van der Waals surface area contributed by atoms with Crippen molar-refractivity contribution in [1.82, 2.24) is 10.2 Å². The Morgan fingerprint density at radius 3 is 2.17 bits per heavy atom. The maximum absolute atomic E-state index is 12.7. The molecule has 154 valence electrons. The molecule has 4 heteroatoms. The van der Waals surface area contributed by atoms with E-state index in [-0.39, 0.29) is 11.9 Å². The van der Waals surface area contributed by atoms with Gasteiger partial charge in [-0.3, -0.25) is 9.69 Å². The van der Waals surface area contributed by atoms with Gasteiger partial charge in [-0.15, -0.1) is 0 Å². The third-order valence-electron chi connectivity index (χ3n) is 5.59. The first-order valence-electron chi connectivity index (χ1n) is 10.6. The van der Waals surface area contributed by atoms with Gasteiger partial charge < -0.3 is 10.1 Å². The molecule has 3 aromatic rings. The Kier molecular flexibility index (Phi) is 6.78. The molecule has 1 unspecified atom stereocenters. The van der Waals surface area contributed by atoms with Crippen molar-refractivity contribution in [2.45, 2.75) is 25.5 Å². The van der Waals surface area contributed by atoms with Crippen LogP contribution in [-0.2, 0) is 6.61 Å². The third-order valence-corrected chi connectivity index (χ3v) is 5.59. The summed E-state index contributed by atoms with van der Waals surface area (Å²) in [6, 6.07) is 28.1. The van der Waals surface area contributed by atoms with Crippen LogP contribution >= 0.6 is 0 Å². The lowest BCUT2D eigenvalue weighted by Crippen LogP contribution is -2.36. The van der Waals surface area contributed by atoms with E-state index in [2.05, 4.69) is 34.5 Å². The van der Waals surface area contributed by atoms with E-state index in [9.17, 15) is 4.79 Å². The van der Waals surface area contributed by atoms with E-state index in [0.29, 0.717) is 18.7 Å². The normalized spacial score (nSPS) is 14.9. The van der Waals surface area contributed by atoms with Crippen molar-refractivity contribution < 1.29 is 9.53 Å². The van der Waals surface area contributed by atoms with E-state index in [1.54, 1.807) is 0 Å². The van der Waals surface area contributed by atoms with Gasteiger partial charge in [0, 0.05) is 12.1 Å². The molecular weight excluding hydrogens is 372 g/mol. The third kappa shape index (κ3) is 5.28. The molecule has 3 aromatic carbocycles. The van der Waals surface area contributed by atoms with Crippen LogP contribution in [0.3, 0.4) is 0 Å². The van der Waals surface area contributed by atoms with Gasteiger partial charge in [-0.25, -0.2) is 0 Å². The van der Waals surface area contributed by atoms with Gasteiger partial charge in [0.2, 0.25) is 0 Å². The number of hydrogen-bond acceptors (Lipinski definition) is 3. The topological polar surface area (TPSA) is 41.6 Å². The van der Waals surface area contributed by atoms with Crippen LogP contribution in [0.15, 0.2) is 84.9 Å². The zero-order valence-corrected chi connectivity index (χ0v) is 17.2. The summed E-state index contributed by atoms with van der Waals surface area (Å²) in [5, 5.41) is 3.13. The Hall–Kier alpha value is -3.11. The van der Waals surface area contributed by atoms with E-state index in [1.165, 1.54) is 18.4 Å². The van der Waals surface area contributed by atoms with Gasteiger partial charge >= 0.3 is 0 Å². The van der Waals surface area contributed by atoms with Crippen LogP contribution in [-0.4, -0.2) is 30.4 Å². The largest absolute Gasteiger partial charge is 0.489 e. The SMILES string of the molecule is O=C(NCC(c1ccccc1)N1CCCC1)c1ccc(OCc2ccccc2)cc1. The quantitative estimate of drug-likeness (QED) is 0.589. The fourth-order valence-electron chi connectivity index (χ4n) is 3.92. The number of benzene rings is 3. The summed E-state index contributed by atoms with van der Waals surface area (Å²) in [7, 11) is 0. The molecule has 30 heavy (non-hydrogen) atoms. The second-order valence-electron chi connectivity index (χ2n) is 7.68. The maximum atomic E-state index is 12.7. The molecule has 0 saturated carbocycles. The number of likely N-dealkylation sites (tertiary alicyclic amines) is 1. The molecule has 4 nitrogen and oxygen atoms in total. The molecule has 1 heterocycles. The summed E-state index contributed by atoms with van der Waals surface area (Å²) in [5.74, 6) is 0.708. The van der Waals surface area contributed by atoms with Crippen LogP contribution in [0.5, 0.6) is 5.75 Å². The van der Waals surface area contributed by atoms with E-state index in [4.69, 9.17) is 4.74 Å². The van der Waals surface area contributed by atoms with E-state index in [1.807, 2.05) is 60.7 Å². The summed E-state index contributed by atoms with van der Waals surface area (Å²) in [6.07, 6.45) is 2.45. The molecule has 1 N–H and O–H groups in total. The van der Waals surface area contributed by atoms with Crippen LogP contribution in [0.25, 0.3) is 0 Å². The van der Waals surface area contributed by atoms with Crippen LogP contribution in [0.1, 0.15) is 40.4 Å². The molecule has 0 aliphatic carbocycles. The lowest BCUT2D eigenvalue weighted by molar-refractivity contribution is 0.0938. The smallest absolute Gasteiger partial charge is 0.251 e. The van der Waals surface area contributed by atoms with E-state index >= 15 is 0 Å². The molecule has 1 aliphatic heterocycles. The number of carbonyl (C=O) groups is 1. The van der Waals surface area contributed by atoms with Crippen LogP contribution in [0.2, 0.25) is 0 Å². The Bertz CT molecular complexity index is 920. The van der Waals surface area contributed by atoms with Crippen molar-refractivity contribution in [2.24, 2.45) is 0 Å². The Morgan fingerprint density at radius 1 is 0.867 bits per heavy atom. The molecule has 1 aliphatic rings. The average molecular weight is 401 g/mol. The molecule has 1 amide bonds. The van der Waals surface area contributed by atoms with Gasteiger partial charge in [-0.1, -0.05) is 60.7 Å². The minimum absolute atomic E-state index is 0.0512. The number of nitrogens with zero attached hydrogens (tertiary/aromatic N) is 1. The predicted molar refractivity (Wildman–Crippen MR) is 120 cm³/mol. The molecular formula is C26H28N2O2.